The third-order valence-electron chi connectivity index (χ3n) is 5.56. The van der Waals surface area contributed by atoms with Crippen LogP contribution in [0.4, 0.5) is 5.69 Å². The fraction of sp³-hybridized carbons (Fsp3) is 0.192. The quantitative estimate of drug-likeness (QED) is 0.409. The molecule has 0 spiro atoms. The van der Waals surface area contributed by atoms with Crippen LogP contribution in [0, 0.1) is 0 Å². The van der Waals surface area contributed by atoms with Gasteiger partial charge in [-0.2, -0.15) is 4.31 Å². The summed E-state index contributed by atoms with van der Waals surface area (Å²) in [5, 5.41) is 2.87. The van der Waals surface area contributed by atoms with Crippen molar-refractivity contribution in [1.29, 1.82) is 0 Å². The predicted octanol–water partition coefficient (Wildman–Crippen LogP) is 4.66. The lowest BCUT2D eigenvalue weighted by Crippen LogP contribution is -2.28. The number of carbonyl (C=O) groups is 1. The van der Waals surface area contributed by atoms with Gasteiger partial charge in [0.05, 0.1) is 17.7 Å². The Kier molecular flexibility index (Phi) is 6.91. The molecule has 4 rings (SSSR count). The van der Waals surface area contributed by atoms with Gasteiger partial charge in [-0.3, -0.25) is 4.79 Å². The molecule has 1 aliphatic heterocycles. The zero-order valence-corrected chi connectivity index (χ0v) is 19.2. The number of sulfonamides is 1. The molecule has 6 nitrogen and oxygen atoms in total. The molecule has 0 atom stereocenters. The smallest absolute Gasteiger partial charge is 0.256 e. The molecule has 0 bridgehead atoms. The molecule has 3 aromatic rings. The Balaban J connectivity index is 1.70. The van der Waals surface area contributed by atoms with Crippen LogP contribution in [0.15, 0.2) is 83.8 Å². The first-order chi connectivity index (χ1) is 16.0. The highest BCUT2D eigenvalue weighted by atomic mass is 32.2. The number of nitrogens with zero attached hydrogens (tertiary/aromatic N) is 1. The summed E-state index contributed by atoms with van der Waals surface area (Å²) in [4.78, 5) is 13.5. The molecule has 1 amide bonds. The molecule has 1 heterocycles. The summed E-state index contributed by atoms with van der Waals surface area (Å²) >= 11 is 0. The number of anilines is 1. The van der Waals surface area contributed by atoms with E-state index in [2.05, 4.69) is 5.32 Å². The largest absolute Gasteiger partial charge is 0.495 e. The van der Waals surface area contributed by atoms with Crippen LogP contribution in [0.5, 0.6) is 5.75 Å². The fourth-order valence-electron chi connectivity index (χ4n) is 3.83. The third-order valence-corrected chi connectivity index (χ3v) is 7.46. The van der Waals surface area contributed by atoms with Crippen molar-refractivity contribution in [3.63, 3.8) is 0 Å². The summed E-state index contributed by atoms with van der Waals surface area (Å²) in [6.07, 6.45) is 3.51. The lowest BCUT2D eigenvalue weighted by atomic mass is 10.0. The molecule has 170 valence electrons. The van der Waals surface area contributed by atoms with Crippen LogP contribution in [0.2, 0.25) is 0 Å². The van der Waals surface area contributed by atoms with Crippen molar-refractivity contribution in [2.75, 3.05) is 25.5 Å². The van der Waals surface area contributed by atoms with Crippen LogP contribution in [0.25, 0.3) is 11.6 Å². The normalized spacial score (nSPS) is 14.8. The van der Waals surface area contributed by atoms with E-state index in [-0.39, 0.29) is 10.8 Å². The van der Waals surface area contributed by atoms with E-state index in [0.717, 1.165) is 24.0 Å². The SMILES string of the molecule is COc1ccc(S(=O)(=O)N2CCCC2)cc1NC(=O)/C(=C/c1ccccc1)c1ccccc1. The van der Waals surface area contributed by atoms with Crippen molar-refractivity contribution in [1.82, 2.24) is 4.31 Å². The fourth-order valence-corrected chi connectivity index (χ4v) is 5.37. The zero-order valence-electron chi connectivity index (χ0n) is 18.4. The van der Waals surface area contributed by atoms with Crippen LogP contribution in [0.1, 0.15) is 24.0 Å². The van der Waals surface area contributed by atoms with Gasteiger partial charge in [0.2, 0.25) is 10.0 Å². The molecule has 1 aliphatic rings. The van der Waals surface area contributed by atoms with Crippen LogP contribution < -0.4 is 10.1 Å². The van der Waals surface area contributed by atoms with Gasteiger partial charge in [-0.05, 0) is 48.2 Å². The Morgan fingerprint density at radius 3 is 2.21 bits per heavy atom. The van der Waals surface area contributed by atoms with Gasteiger partial charge in [-0.15, -0.1) is 0 Å². The van der Waals surface area contributed by atoms with Gasteiger partial charge in [-0.25, -0.2) is 8.42 Å². The molecular weight excluding hydrogens is 436 g/mol. The topological polar surface area (TPSA) is 75.7 Å². The lowest BCUT2D eigenvalue weighted by molar-refractivity contribution is -0.111. The van der Waals surface area contributed by atoms with E-state index >= 15 is 0 Å². The minimum absolute atomic E-state index is 0.133. The number of hydrogen-bond donors (Lipinski definition) is 1. The van der Waals surface area contributed by atoms with Crippen molar-refractivity contribution >= 4 is 33.3 Å². The van der Waals surface area contributed by atoms with Gasteiger partial charge in [-0.1, -0.05) is 60.7 Å². The van der Waals surface area contributed by atoms with Crippen molar-refractivity contribution in [3.8, 4) is 5.75 Å². The second-order valence-corrected chi connectivity index (χ2v) is 9.70. The first-order valence-electron chi connectivity index (χ1n) is 10.8. The molecule has 7 heteroatoms. The Labute approximate surface area is 194 Å². The maximum Gasteiger partial charge on any atom is 0.256 e. The summed E-state index contributed by atoms with van der Waals surface area (Å²) in [5.41, 5.74) is 2.39. The van der Waals surface area contributed by atoms with Gasteiger partial charge in [0.15, 0.2) is 0 Å². The summed E-state index contributed by atoms with van der Waals surface area (Å²) in [7, 11) is -2.15. The van der Waals surface area contributed by atoms with Gasteiger partial charge < -0.3 is 10.1 Å². The van der Waals surface area contributed by atoms with Crippen molar-refractivity contribution in [2.45, 2.75) is 17.7 Å². The maximum absolute atomic E-state index is 13.4. The Morgan fingerprint density at radius 1 is 0.939 bits per heavy atom. The summed E-state index contributed by atoms with van der Waals surface area (Å²) in [5.74, 6) is 0.0231. The third kappa shape index (κ3) is 5.16. The summed E-state index contributed by atoms with van der Waals surface area (Å²) in [6.45, 7) is 1.02. The van der Waals surface area contributed by atoms with Crippen LogP contribution in [-0.2, 0) is 14.8 Å². The van der Waals surface area contributed by atoms with Gasteiger partial charge in [0.25, 0.3) is 5.91 Å². The molecule has 0 saturated carbocycles. The average molecular weight is 463 g/mol. The highest BCUT2D eigenvalue weighted by Crippen LogP contribution is 2.31. The number of methoxy groups -OCH3 is 1. The standard InChI is InChI=1S/C26H26N2O4S/c1-32-25-15-14-22(33(30,31)28-16-8-9-17-28)19-24(25)27-26(29)23(21-12-6-3-7-13-21)18-20-10-4-2-5-11-20/h2-7,10-15,18-19H,8-9,16-17H2,1H3,(H,27,29)/b23-18+. The molecule has 33 heavy (non-hydrogen) atoms. The molecular formula is C26H26N2O4S. The molecule has 1 fully saturated rings. The van der Waals surface area contributed by atoms with Crippen LogP contribution in [-0.4, -0.2) is 38.8 Å². The van der Waals surface area contributed by atoms with Gasteiger partial charge in [0, 0.05) is 18.7 Å². The molecule has 3 aromatic carbocycles. The Hall–Kier alpha value is -3.42. The van der Waals surface area contributed by atoms with E-state index in [9.17, 15) is 13.2 Å². The van der Waals surface area contributed by atoms with Crippen LogP contribution >= 0.6 is 0 Å². The highest BCUT2D eigenvalue weighted by Gasteiger charge is 2.28. The second-order valence-electron chi connectivity index (χ2n) is 7.76. The van der Waals surface area contributed by atoms with Crippen LogP contribution in [0.3, 0.4) is 0 Å². The Bertz CT molecular complexity index is 1250. The van der Waals surface area contributed by atoms with E-state index in [1.165, 1.54) is 23.5 Å². The minimum atomic E-state index is -3.63. The van der Waals surface area contributed by atoms with Gasteiger partial charge >= 0.3 is 0 Å². The number of amides is 1. The minimum Gasteiger partial charge on any atom is -0.495 e. The number of carbonyl (C=O) groups excluding carboxylic acids is 1. The Morgan fingerprint density at radius 2 is 1.58 bits per heavy atom. The van der Waals surface area contributed by atoms with E-state index in [0.29, 0.717) is 30.1 Å². The maximum atomic E-state index is 13.4. The van der Waals surface area contributed by atoms with E-state index in [1.54, 1.807) is 6.07 Å². The summed E-state index contributed by atoms with van der Waals surface area (Å²) < 4.78 is 32.9. The van der Waals surface area contributed by atoms with Gasteiger partial charge in [0.1, 0.15) is 5.75 Å². The average Bonchev–Trinajstić information content (AvgIpc) is 3.40. The molecule has 0 aromatic heterocycles. The van der Waals surface area contributed by atoms with E-state index in [1.807, 2.05) is 66.7 Å². The zero-order chi connectivity index (χ0) is 23.3. The lowest BCUT2D eigenvalue weighted by Gasteiger charge is -2.18. The van der Waals surface area contributed by atoms with Crippen molar-refractivity contribution in [2.24, 2.45) is 0 Å². The van der Waals surface area contributed by atoms with E-state index < -0.39 is 10.0 Å². The number of rotatable bonds is 7. The highest BCUT2D eigenvalue weighted by molar-refractivity contribution is 7.89. The number of nitrogens with one attached hydrogen (secondary N) is 1. The predicted molar refractivity (Wildman–Crippen MR) is 130 cm³/mol. The number of hydrogen-bond acceptors (Lipinski definition) is 4. The molecule has 0 aliphatic carbocycles. The monoisotopic (exact) mass is 462 g/mol. The summed E-state index contributed by atoms with van der Waals surface area (Å²) in [6, 6.07) is 23.5. The van der Waals surface area contributed by atoms with Crippen molar-refractivity contribution < 1.29 is 17.9 Å². The van der Waals surface area contributed by atoms with E-state index in [4.69, 9.17) is 4.74 Å². The molecule has 1 N–H and O–H groups in total. The van der Waals surface area contributed by atoms with Crippen molar-refractivity contribution in [3.05, 3.63) is 90.0 Å². The second kappa shape index (κ2) is 10.0. The molecule has 1 saturated heterocycles. The molecule has 0 unspecified atom stereocenters. The number of benzene rings is 3. The number of ether oxygens (including phenoxy) is 1. The first-order valence-corrected chi connectivity index (χ1v) is 12.2. The molecule has 0 radical (unpaired) electrons. The first kappa shape index (κ1) is 22.8.